The molecule has 0 radical (unpaired) electrons. The van der Waals surface area contributed by atoms with E-state index in [4.69, 9.17) is 5.11 Å². The predicted molar refractivity (Wildman–Crippen MR) is 61.8 cm³/mol. The molecular formula is C10H15N3O2S. The number of carboxylic acids is 1. The Morgan fingerprint density at radius 3 is 3.06 bits per heavy atom. The van der Waals surface area contributed by atoms with Gasteiger partial charge in [-0.2, -0.15) is 0 Å². The standard InChI is InChI=1S/C10H15N3O2S/c1-7-11-12-10(16-7)13-5-4-8(6-13)2-3-9(14)15/h8H,2-6H2,1H3,(H,14,15). The number of carbonyl (C=O) groups is 1. The first-order chi connectivity index (χ1) is 7.65. The summed E-state index contributed by atoms with van der Waals surface area (Å²) >= 11 is 1.60. The highest BCUT2D eigenvalue weighted by Gasteiger charge is 2.25. The second-order valence-electron chi connectivity index (χ2n) is 4.14. The van der Waals surface area contributed by atoms with Crippen LogP contribution in [0.4, 0.5) is 5.13 Å². The zero-order chi connectivity index (χ0) is 11.5. The van der Waals surface area contributed by atoms with Crippen LogP contribution < -0.4 is 4.90 Å². The molecule has 1 saturated heterocycles. The number of nitrogens with zero attached hydrogens (tertiary/aromatic N) is 3. The molecule has 0 bridgehead atoms. The second kappa shape index (κ2) is 4.78. The summed E-state index contributed by atoms with van der Waals surface area (Å²) in [6.07, 6.45) is 2.10. The monoisotopic (exact) mass is 241 g/mol. The van der Waals surface area contributed by atoms with E-state index in [-0.39, 0.29) is 6.42 Å². The maximum atomic E-state index is 10.5. The van der Waals surface area contributed by atoms with Crippen molar-refractivity contribution in [1.82, 2.24) is 10.2 Å². The molecule has 1 aromatic heterocycles. The normalized spacial score (nSPS) is 20.3. The summed E-state index contributed by atoms with van der Waals surface area (Å²) in [4.78, 5) is 12.7. The highest BCUT2D eigenvalue weighted by molar-refractivity contribution is 7.15. The molecule has 5 nitrogen and oxygen atoms in total. The maximum absolute atomic E-state index is 10.5. The van der Waals surface area contributed by atoms with Gasteiger partial charge in [-0.1, -0.05) is 11.3 Å². The summed E-state index contributed by atoms with van der Waals surface area (Å²) in [5.41, 5.74) is 0. The van der Waals surface area contributed by atoms with Crippen LogP contribution in [0.3, 0.4) is 0 Å². The van der Waals surface area contributed by atoms with Crippen LogP contribution in [-0.2, 0) is 4.79 Å². The van der Waals surface area contributed by atoms with Crippen molar-refractivity contribution in [3.05, 3.63) is 5.01 Å². The fourth-order valence-corrected chi connectivity index (χ4v) is 2.71. The second-order valence-corrected chi connectivity index (χ2v) is 5.30. The number of aromatic nitrogens is 2. The Morgan fingerprint density at radius 1 is 1.62 bits per heavy atom. The molecule has 16 heavy (non-hydrogen) atoms. The Kier molecular flexibility index (Phi) is 3.38. The van der Waals surface area contributed by atoms with Gasteiger partial charge in [-0.3, -0.25) is 4.79 Å². The van der Waals surface area contributed by atoms with E-state index in [0.717, 1.165) is 36.1 Å². The molecule has 1 fully saturated rings. The zero-order valence-electron chi connectivity index (χ0n) is 9.22. The minimum Gasteiger partial charge on any atom is -0.481 e. The van der Waals surface area contributed by atoms with E-state index < -0.39 is 5.97 Å². The lowest BCUT2D eigenvalue weighted by atomic mass is 10.0. The third-order valence-electron chi connectivity index (χ3n) is 2.84. The Bertz CT molecular complexity index is 380. The van der Waals surface area contributed by atoms with Crippen molar-refractivity contribution in [2.75, 3.05) is 18.0 Å². The molecule has 0 aliphatic carbocycles. The quantitative estimate of drug-likeness (QED) is 0.866. The van der Waals surface area contributed by atoms with Gasteiger partial charge in [-0.15, -0.1) is 10.2 Å². The smallest absolute Gasteiger partial charge is 0.303 e. The fraction of sp³-hybridized carbons (Fsp3) is 0.700. The number of hydrogen-bond donors (Lipinski definition) is 1. The number of carboxylic acid groups (broad SMARTS) is 1. The van der Waals surface area contributed by atoms with Crippen molar-refractivity contribution in [2.24, 2.45) is 5.92 Å². The predicted octanol–water partition coefficient (Wildman–Crippen LogP) is 1.54. The van der Waals surface area contributed by atoms with Crippen LogP contribution in [0.15, 0.2) is 0 Å². The molecule has 0 saturated carbocycles. The molecule has 2 rings (SSSR count). The third kappa shape index (κ3) is 2.69. The molecule has 1 aliphatic heterocycles. The van der Waals surface area contributed by atoms with Crippen LogP contribution in [0.2, 0.25) is 0 Å². The average molecular weight is 241 g/mol. The maximum Gasteiger partial charge on any atom is 0.303 e. The molecule has 88 valence electrons. The van der Waals surface area contributed by atoms with Gasteiger partial charge in [0.2, 0.25) is 5.13 Å². The third-order valence-corrected chi connectivity index (χ3v) is 3.74. The Morgan fingerprint density at radius 2 is 2.44 bits per heavy atom. The van der Waals surface area contributed by atoms with Gasteiger partial charge in [0.05, 0.1) is 0 Å². The van der Waals surface area contributed by atoms with Gasteiger partial charge >= 0.3 is 5.97 Å². The van der Waals surface area contributed by atoms with E-state index in [9.17, 15) is 4.79 Å². The number of aliphatic carboxylic acids is 1. The van der Waals surface area contributed by atoms with Gasteiger partial charge in [-0.25, -0.2) is 0 Å². The molecular weight excluding hydrogens is 226 g/mol. The van der Waals surface area contributed by atoms with Crippen LogP contribution >= 0.6 is 11.3 Å². The molecule has 1 N–H and O–H groups in total. The largest absolute Gasteiger partial charge is 0.481 e. The van der Waals surface area contributed by atoms with E-state index in [2.05, 4.69) is 15.1 Å². The lowest BCUT2D eigenvalue weighted by Crippen LogP contribution is -2.19. The minimum atomic E-state index is -0.704. The van der Waals surface area contributed by atoms with Gasteiger partial charge in [0.1, 0.15) is 5.01 Å². The number of anilines is 1. The van der Waals surface area contributed by atoms with Crippen LogP contribution in [0, 0.1) is 12.8 Å². The van der Waals surface area contributed by atoms with E-state index in [1.54, 1.807) is 11.3 Å². The Hall–Kier alpha value is -1.17. The summed E-state index contributed by atoms with van der Waals surface area (Å²) in [5, 5.41) is 18.7. The van der Waals surface area contributed by atoms with Gasteiger partial charge in [0.25, 0.3) is 0 Å². The molecule has 0 amide bonds. The molecule has 2 heterocycles. The number of hydrogen-bond acceptors (Lipinski definition) is 5. The van der Waals surface area contributed by atoms with Crippen molar-refractivity contribution in [3.8, 4) is 0 Å². The van der Waals surface area contributed by atoms with Gasteiger partial charge in [-0.05, 0) is 25.7 Å². The van der Waals surface area contributed by atoms with E-state index in [1.807, 2.05) is 6.92 Å². The zero-order valence-corrected chi connectivity index (χ0v) is 10.0. The van der Waals surface area contributed by atoms with Crippen LogP contribution in [0.5, 0.6) is 0 Å². The van der Waals surface area contributed by atoms with E-state index in [0.29, 0.717) is 5.92 Å². The van der Waals surface area contributed by atoms with Gasteiger partial charge in [0.15, 0.2) is 0 Å². The summed E-state index contributed by atoms with van der Waals surface area (Å²) < 4.78 is 0. The summed E-state index contributed by atoms with van der Waals surface area (Å²) in [7, 11) is 0. The number of aryl methyl sites for hydroxylation is 1. The van der Waals surface area contributed by atoms with Crippen molar-refractivity contribution in [2.45, 2.75) is 26.2 Å². The summed E-state index contributed by atoms with van der Waals surface area (Å²) in [6, 6.07) is 0. The van der Waals surface area contributed by atoms with Crippen LogP contribution in [0.25, 0.3) is 0 Å². The molecule has 1 unspecified atom stereocenters. The minimum absolute atomic E-state index is 0.271. The van der Waals surface area contributed by atoms with Crippen molar-refractivity contribution < 1.29 is 9.90 Å². The highest BCUT2D eigenvalue weighted by Crippen LogP contribution is 2.28. The first-order valence-corrected chi connectivity index (χ1v) is 6.23. The van der Waals surface area contributed by atoms with Gasteiger partial charge in [0, 0.05) is 19.5 Å². The number of rotatable bonds is 4. The lowest BCUT2D eigenvalue weighted by molar-refractivity contribution is -0.137. The first-order valence-electron chi connectivity index (χ1n) is 5.42. The molecule has 0 aromatic carbocycles. The molecule has 1 aromatic rings. The highest BCUT2D eigenvalue weighted by atomic mass is 32.1. The first kappa shape index (κ1) is 11.3. The van der Waals surface area contributed by atoms with Crippen molar-refractivity contribution >= 4 is 22.4 Å². The Labute approximate surface area is 98.1 Å². The summed E-state index contributed by atoms with van der Waals surface area (Å²) in [5.74, 6) is -0.217. The molecule has 1 aliphatic rings. The fourth-order valence-electron chi connectivity index (χ4n) is 1.98. The van der Waals surface area contributed by atoms with Crippen molar-refractivity contribution in [1.29, 1.82) is 0 Å². The molecule has 6 heteroatoms. The average Bonchev–Trinajstić information content (AvgIpc) is 2.83. The van der Waals surface area contributed by atoms with Crippen molar-refractivity contribution in [3.63, 3.8) is 0 Å². The van der Waals surface area contributed by atoms with Crippen LogP contribution in [-0.4, -0.2) is 34.4 Å². The van der Waals surface area contributed by atoms with E-state index >= 15 is 0 Å². The SMILES string of the molecule is Cc1nnc(N2CCC(CCC(=O)O)C2)s1. The topological polar surface area (TPSA) is 66.3 Å². The lowest BCUT2D eigenvalue weighted by Gasteiger charge is -2.13. The summed E-state index contributed by atoms with van der Waals surface area (Å²) in [6.45, 7) is 3.83. The van der Waals surface area contributed by atoms with Crippen LogP contribution in [0.1, 0.15) is 24.3 Å². The Balaban J connectivity index is 1.86. The molecule has 0 spiro atoms. The molecule has 1 atom stereocenters. The van der Waals surface area contributed by atoms with E-state index in [1.165, 1.54) is 0 Å². The van der Waals surface area contributed by atoms with Gasteiger partial charge < -0.3 is 10.0 Å².